The van der Waals surface area contributed by atoms with E-state index in [1.807, 2.05) is 24.3 Å². The van der Waals surface area contributed by atoms with Gasteiger partial charge in [0.15, 0.2) is 0 Å². The minimum absolute atomic E-state index is 0.132. The van der Waals surface area contributed by atoms with Gasteiger partial charge in [0.1, 0.15) is 18.1 Å². The predicted molar refractivity (Wildman–Crippen MR) is 139 cm³/mol. The smallest absolute Gasteiger partial charge is 0.327 e. The Morgan fingerprint density at radius 3 is 2.11 bits per heavy atom. The van der Waals surface area contributed by atoms with Crippen molar-refractivity contribution in [2.75, 3.05) is 5.75 Å². The van der Waals surface area contributed by atoms with Gasteiger partial charge in [0.25, 0.3) is 0 Å². The van der Waals surface area contributed by atoms with Crippen molar-refractivity contribution in [1.82, 2.24) is 20.9 Å². The molecule has 2 rings (SSSR count). The second kappa shape index (κ2) is 14.0. The highest BCUT2D eigenvalue weighted by molar-refractivity contribution is 7.80. The molecule has 38 heavy (non-hydrogen) atoms. The number of thiol groups is 1. The van der Waals surface area contributed by atoms with Crippen molar-refractivity contribution in [3.05, 3.63) is 36.0 Å². The topological polar surface area (TPSA) is 253 Å². The first kappa shape index (κ1) is 30.1. The van der Waals surface area contributed by atoms with Crippen molar-refractivity contribution in [2.24, 2.45) is 17.2 Å². The third-order valence-electron chi connectivity index (χ3n) is 5.60. The van der Waals surface area contributed by atoms with E-state index in [0.717, 1.165) is 16.5 Å². The Bertz CT molecular complexity index is 1200. The Kier molecular flexibility index (Phi) is 11.1. The molecule has 206 valence electrons. The largest absolute Gasteiger partial charge is 0.480 e. The fraction of sp³-hybridized carbons (Fsp3) is 0.391. The van der Waals surface area contributed by atoms with Crippen LogP contribution in [0.4, 0.5) is 0 Å². The second-order valence-electron chi connectivity index (χ2n) is 8.55. The molecule has 5 amide bonds. The third-order valence-corrected chi connectivity index (χ3v) is 5.96. The number of H-pyrrole nitrogens is 1. The molecule has 15 heteroatoms. The summed E-state index contributed by atoms with van der Waals surface area (Å²) >= 11 is 3.85. The number of carboxylic acids is 1. The number of nitrogens with one attached hydrogen (secondary N) is 4. The molecule has 1 aromatic carbocycles. The molecular formula is C23H31N7O7S. The maximum atomic E-state index is 13.0. The summed E-state index contributed by atoms with van der Waals surface area (Å²) in [6, 6.07) is 2.03. The Morgan fingerprint density at radius 1 is 0.895 bits per heavy atom. The first-order chi connectivity index (χ1) is 17.9. The van der Waals surface area contributed by atoms with Gasteiger partial charge in [0.2, 0.25) is 29.5 Å². The Labute approximate surface area is 222 Å². The molecule has 0 saturated heterocycles. The van der Waals surface area contributed by atoms with Crippen LogP contribution in [0.3, 0.4) is 0 Å². The lowest BCUT2D eigenvalue weighted by Crippen LogP contribution is -2.58. The average Bonchev–Trinajstić information content (AvgIpc) is 3.26. The second-order valence-corrected chi connectivity index (χ2v) is 8.92. The van der Waals surface area contributed by atoms with Crippen LogP contribution in [-0.2, 0) is 35.2 Å². The predicted octanol–water partition coefficient (Wildman–Crippen LogP) is -2.35. The van der Waals surface area contributed by atoms with Crippen molar-refractivity contribution < 1.29 is 33.9 Å². The van der Waals surface area contributed by atoms with Crippen LogP contribution in [0.2, 0.25) is 0 Å². The number of primary amides is 2. The summed E-state index contributed by atoms with van der Waals surface area (Å²) in [7, 11) is 0. The first-order valence-corrected chi connectivity index (χ1v) is 12.2. The Morgan fingerprint density at radius 2 is 1.50 bits per heavy atom. The van der Waals surface area contributed by atoms with E-state index >= 15 is 0 Å². The van der Waals surface area contributed by atoms with E-state index in [0.29, 0.717) is 0 Å². The van der Waals surface area contributed by atoms with Gasteiger partial charge >= 0.3 is 5.97 Å². The van der Waals surface area contributed by atoms with Gasteiger partial charge in [0, 0.05) is 29.3 Å². The number of carbonyl (C=O) groups excluding carboxylic acids is 5. The molecule has 0 aliphatic heterocycles. The van der Waals surface area contributed by atoms with E-state index in [-0.39, 0.29) is 25.0 Å². The van der Waals surface area contributed by atoms with Crippen LogP contribution in [-0.4, -0.2) is 75.5 Å². The monoisotopic (exact) mass is 549 g/mol. The SMILES string of the molecule is NC(=O)CCC(NC(=O)C(N)Cc1c[nH]c2ccccc12)C(=O)NC(CC(N)=O)C(=O)NC(CS)C(=O)O. The summed E-state index contributed by atoms with van der Waals surface area (Å²) < 4.78 is 0. The van der Waals surface area contributed by atoms with Crippen LogP contribution in [0.25, 0.3) is 10.9 Å². The molecule has 0 saturated carbocycles. The zero-order valence-electron chi connectivity index (χ0n) is 20.3. The molecule has 0 bridgehead atoms. The van der Waals surface area contributed by atoms with Crippen LogP contribution in [0.15, 0.2) is 30.5 Å². The van der Waals surface area contributed by atoms with Crippen molar-refractivity contribution in [2.45, 2.75) is 49.9 Å². The van der Waals surface area contributed by atoms with Gasteiger partial charge in [-0.25, -0.2) is 4.79 Å². The number of hydrogen-bond donors (Lipinski definition) is 9. The van der Waals surface area contributed by atoms with Crippen LogP contribution in [0.1, 0.15) is 24.8 Å². The molecule has 0 aliphatic carbocycles. The first-order valence-electron chi connectivity index (χ1n) is 11.5. The summed E-state index contributed by atoms with van der Waals surface area (Å²) in [6.07, 6.45) is 0.674. The maximum absolute atomic E-state index is 13.0. The molecule has 2 aromatic rings. The summed E-state index contributed by atoms with van der Waals surface area (Å²) in [4.78, 5) is 75.6. The zero-order valence-corrected chi connectivity index (χ0v) is 21.2. The number of aliphatic carboxylic acids is 1. The Hall–Kier alpha value is -4.11. The van der Waals surface area contributed by atoms with Crippen LogP contribution in [0.5, 0.6) is 0 Å². The molecule has 4 atom stereocenters. The summed E-state index contributed by atoms with van der Waals surface area (Å²) in [5.41, 5.74) is 18.1. The van der Waals surface area contributed by atoms with Gasteiger partial charge in [0.05, 0.1) is 12.5 Å². The number of benzene rings is 1. The number of aromatic amines is 1. The van der Waals surface area contributed by atoms with Gasteiger partial charge in [-0.15, -0.1) is 0 Å². The molecule has 0 aliphatic rings. The van der Waals surface area contributed by atoms with E-state index < -0.39 is 66.1 Å². The lowest BCUT2D eigenvalue weighted by molar-refractivity contribution is -0.141. The summed E-state index contributed by atoms with van der Waals surface area (Å²) in [5.74, 6) is -5.99. The minimum atomic E-state index is -1.56. The third kappa shape index (κ3) is 8.77. The van der Waals surface area contributed by atoms with E-state index in [9.17, 15) is 28.8 Å². The van der Waals surface area contributed by atoms with Gasteiger partial charge in [-0.2, -0.15) is 12.6 Å². The van der Waals surface area contributed by atoms with Crippen molar-refractivity contribution in [1.29, 1.82) is 0 Å². The number of para-hydroxylation sites is 1. The highest BCUT2D eigenvalue weighted by Gasteiger charge is 2.31. The van der Waals surface area contributed by atoms with Crippen LogP contribution >= 0.6 is 12.6 Å². The van der Waals surface area contributed by atoms with Gasteiger partial charge in [-0.05, 0) is 24.5 Å². The number of carbonyl (C=O) groups is 6. The number of fused-ring (bicyclic) bond motifs is 1. The molecule has 14 nitrogen and oxygen atoms in total. The fourth-order valence-corrected chi connectivity index (χ4v) is 3.85. The molecule has 1 heterocycles. The van der Waals surface area contributed by atoms with E-state index in [4.69, 9.17) is 22.3 Å². The number of aromatic nitrogens is 1. The van der Waals surface area contributed by atoms with E-state index in [1.54, 1.807) is 6.20 Å². The van der Waals surface area contributed by atoms with E-state index in [1.165, 1.54) is 0 Å². The van der Waals surface area contributed by atoms with Gasteiger partial charge in [-0.1, -0.05) is 18.2 Å². The molecule has 4 unspecified atom stereocenters. The highest BCUT2D eigenvalue weighted by atomic mass is 32.1. The van der Waals surface area contributed by atoms with E-state index in [2.05, 4.69) is 33.6 Å². The molecule has 1 aromatic heterocycles. The lowest BCUT2D eigenvalue weighted by atomic mass is 10.0. The number of nitrogens with two attached hydrogens (primary N) is 3. The number of amides is 5. The van der Waals surface area contributed by atoms with Crippen molar-refractivity contribution >= 4 is 59.0 Å². The average molecular weight is 550 g/mol. The summed E-state index contributed by atoms with van der Waals surface area (Å²) in [5, 5.41) is 16.9. The van der Waals surface area contributed by atoms with Gasteiger partial charge < -0.3 is 43.2 Å². The van der Waals surface area contributed by atoms with Crippen LogP contribution in [0, 0.1) is 0 Å². The lowest BCUT2D eigenvalue weighted by Gasteiger charge is -2.24. The van der Waals surface area contributed by atoms with Crippen LogP contribution < -0.4 is 33.2 Å². The Balaban J connectivity index is 2.15. The highest BCUT2D eigenvalue weighted by Crippen LogP contribution is 2.18. The maximum Gasteiger partial charge on any atom is 0.327 e. The number of carboxylic acid groups (broad SMARTS) is 1. The van der Waals surface area contributed by atoms with Crippen molar-refractivity contribution in [3.63, 3.8) is 0 Å². The van der Waals surface area contributed by atoms with Crippen molar-refractivity contribution in [3.8, 4) is 0 Å². The quantitative estimate of drug-likeness (QED) is 0.108. The molecule has 0 spiro atoms. The molecular weight excluding hydrogens is 518 g/mol. The molecule has 0 radical (unpaired) electrons. The van der Waals surface area contributed by atoms with Gasteiger partial charge in [-0.3, -0.25) is 24.0 Å². The number of rotatable bonds is 15. The minimum Gasteiger partial charge on any atom is -0.480 e. The normalized spacial score (nSPS) is 14.1. The zero-order chi connectivity index (χ0) is 28.4. The number of hydrogen-bond acceptors (Lipinski definition) is 8. The fourth-order valence-electron chi connectivity index (χ4n) is 3.60. The molecule has 11 N–H and O–H groups in total. The standard InChI is InChI=1S/C23H31N7O7S/c24-13(7-11-9-27-14-4-2-1-3-12(11)14)20(33)28-15(5-6-18(25)31)21(34)29-16(8-19(26)32)22(35)30-17(10-38)23(36)37/h1-4,9,13,15-17,27,38H,5-8,10,24H2,(H2,25,31)(H2,26,32)(H,28,33)(H,29,34)(H,30,35)(H,36,37). The summed E-state index contributed by atoms with van der Waals surface area (Å²) in [6.45, 7) is 0. The molecule has 0 fully saturated rings.